The van der Waals surface area contributed by atoms with Gasteiger partial charge in [-0.15, -0.1) is 0 Å². The molecule has 1 fully saturated rings. The molecule has 4 nitrogen and oxygen atoms in total. The number of rotatable bonds is 6. The molecule has 0 saturated carbocycles. The summed E-state index contributed by atoms with van der Waals surface area (Å²) in [6, 6.07) is 4.72. The number of hydrogen-bond acceptors (Lipinski definition) is 4. The topological polar surface area (TPSA) is 37.4 Å². The number of likely N-dealkylation sites (N-methyl/N-ethyl adjacent to an activating group) is 1. The summed E-state index contributed by atoms with van der Waals surface area (Å²) in [5, 5.41) is 3.55. The first kappa shape index (κ1) is 15.3. The molecule has 1 aromatic rings. The molecule has 2 rings (SSSR count). The van der Waals surface area contributed by atoms with Crippen LogP contribution in [0.25, 0.3) is 0 Å². The fourth-order valence-corrected chi connectivity index (χ4v) is 2.66. The molecule has 2 heterocycles. The molecule has 4 heteroatoms. The molecule has 0 spiro atoms. The number of piperidine rings is 1. The molecule has 1 aliphatic heterocycles. The van der Waals surface area contributed by atoms with Crippen LogP contribution < -0.4 is 10.1 Å². The molecule has 20 heavy (non-hydrogen) atoms. The Morgan fingerprint density at radius 3 is 3.05 bits per heavy atom. The van der Waals surface area contributed by atoms with E-state index in [1.54, 1.807) is 6.20 Å². The number of nitrogens with one attached hydrogen (secondary N) is 1. The van der Waals surface area contributed by atoms with Crippen molar-refractivity contribution in [2.45, 2.75) is 51.8 Å². The fraction of sp³-hybridized carbons (Fsp3) is 0.688. The number of aromatic nitrogens is 1. The van der Waals surface area contributed by atoms with Crippen molar-refractivity contribution >= 4 is 0 Å². The second-order valence-electron chi connectivity index (χ2n) is 5.90. The van der Waals surface area contributed by atoms with Crippen LogP contribution in [0.1, 0.15) is 38.7 Å². The standard InChI is InChI=1S/C16H27N3O/c1-13(2)20-16-14(7-6-9-18-16)11-17-12-15-8-4-5-10-19(15)3/h6-7,9,13,15,17H,4-5,8,10-12H2,1-3H3. The van der Waals surface area contributed by atoms with Gasteiger partial charge in [-0.05, 0) is 46.3 Å². The third-order valence-electron chi connectivity index (χ3n) is 3.81. The minimum Gasteiger partial charge on any atom is -0.475 e. The van der Waals surface area contributed by atoms with Gasteiger partial charge in [0.1, 0.15) is 0 Å². The van der Waals surface area contributed by atoms with Crippen molar-refractivity contribution < 1.29 is 4.74 Å². The minimum atomic E-state index is 0.160. The highest BCUT2D eigenvalue weighted by Gasteiger charge is 2.18. The van der Waals surface area contributed by atoms with E-state index < -0.39 is 0 Å². The van der Waals surface area contributed by atoms with Crippen molar-refractivity contribution in [3.63, 3.8) is 0 Å². The van der Waals surface area contributed by atoms with Crippen molar-refractivity contribution in [3.8, 4) is 5.88 Å². The van der Waals surface area contributed by atoms with Gasteiger partial charge < -0.3 is 15.0 Å². The highest BCUT2D eigenvalue weighted by Crippen LogP contribution is 2.17. The van der Waals surface area contributed by atoms with E-state index in [0.717, 1.165) is 24.5 Å². The van der Waals surface area contributed by atoms with Crippen LogP contribution in [-0.2, 0) is 6.54 Å². The zero-order valence-electron chi connectivity index (χ0n) is 12.9. The number of hydrogen-bond donors (Lipinski definition) is 1. The van der Waals surface area contributed by atoms with Crippen molar-refractivity contribution in [2.75, 3.05) is 20.1 Å². The average Bonchev–Trinajstić information content (AvgIpc) is 2.42. The van der Waals surface area contributed by atoms with Crippen molar-refractivity contribution in [1.82, 2.24) is 15.2 Å². The van der Waals surface area contributed by atoms with Crippen molar-refractivity contribution in [1.29, 1.82) is 0 Å². The molecule has 0 aromatic carbocycles. The summed E-state index contributed by atoms with van der Waals surface area (Å²) in [5.74, 6) is 0.756. The molecule has 112 valence electrons. The molecule has 0 bridgehead atoms. The van der Waals surface area contributed by atoms with Crippen LogP contribution in [0.15, 0.2) is 18.3 Å². The van der Waals surface area contributed by atoms with E-state index in [1.165, 1.54) is 25.8 Å². The van der Waals surface area contributed by atoms with Gasteiger partial charge in [0.15, 0.2) is 0 Å². The quantitative estimate of drug-likeness (QED) is 0.866. The molecule has 1 saturated heterocycles. The zero-order chi connectivity index (χ0) is 14.4. The summed E-state index contributed by atoms with van der Waals surface area (Å²) in [6.07, 6.45) is 5.93. The van der Waals surface area contributed by atoms with E-state index in [-0.39, 0.29) is 6.10 Å². The lowest BCUT2D eigenvalue weighted by molar-refractivity contribution is 0.181. The summed E-state index contributed by atoms with van der Waals surface area (Å²) in [4.78, 5) is 6.79. The average molecular weight is 277 g/mol. The largest absolute Gasteiger partial charge is 0.475 e. The van der Waals surface area contributed by atoms with Crippen LogP contribution in [0.5, 0.6) is 5.88 Å². The van der Waals surface area contributed by atoms with Crippen LogP contribution in [0.4, 0.5) is 0 Å². The van der Waals surface area contributed by atoms with Gasteiger partial charge in [0.2, 0.25) is 5.88 Å². The Morgan fingerprint density at radius 2 is 2.30 bits per heavy atom. The summed E-state index contributed by atoms with van der Waals surface area (Å²) in [7, 11) is 2.23. The van der Waals surface area contributed by atoms with E-state index in [9.17, 15) is 0 Å². The maximum atomic E-state index is 5.75. The second kappa shape index (κ2) is 7.60. The molecular weight excluding hydrogens is 250 g/mol. The maximum Gasteiger partial charge on any atom is 0.218 e. The Bertz CT molecular complexity index is 408. The predicted molar refractivity (Wildman–Crippen MR) is 82.0 cm³/mol. The van der Waals surface area contributed by atoms with Crippen LogP contribution in [0.2, 0.25) is 0 Å². The van der Waals surface area contributed by atoms with Crippen molar-refractivity contribution in [3.05, 3.63) is 23.9 Å². The van der Waals surface area contributed by atoms with E-state index in [0.29, 0.717) is 6.04 Å². The lowest BCUT2D eigenvalue weighted by Gasteiger charge is -2.32. The predicted octanol–water partition coefficient (Wildman–Crippen LogP) is 2.44. The minimum absolute atomic E-state index is 0.160. The molecular formula is C16H27N3O. The lowest BCUT2D eigenvalue weighted by atomic mass is 10.0. The van der Waals surface area contributed by atoms with Crippen LogP contribution >= 0.6 is 0 Å². The number of likely N-dealkylation sites (tertiary alicyclic amines) is 1. The normalized spacial score (nSPS) is 20.3. The molecule has 0 aliphatic carbocycles. The lowest BCUT2D eigenvalue weighted by Crippen LogP contribution is -2.42. The molecule has 1 atom stereocenters. The smallest absolute Gasteiger partial charge is 0.218 e. The first-order chi connectivity index (χ1) is 9.66. The Morgan fingerprint density at radius 1 is 1.45 bits per heavy atom. The van der Waals surface area contributed by atoms with Gasteiger partial charge >= 0.3 is 0 Å². The monoisotopic (exact) mass is 277 g/mol. The maximum absolute atomic E-state index is 5.75. The first-order valence-electron chi connectivity index (χ1n) is 7.68. The van der Waals surface area contributed by atoms with Crippen LogP contribution in [-0.4, -0.2) is 42.2 Å². The summed E-state index contributed by atoms with van der Waals surface area (Å²) < 4.78 is 5.75. The first-order valence-corrected chi connectivity index (χ1v) is 7.68. The summed E-state index contributed by atoms with van der Waals surface area (Å²) >= 11 is 0. The highest BCUT2D eigenvalue weighted by molar-refractivity contribution is 5.25. The third-order valence-corrected chi connectivity index (χ3v) is 3.81. The van der Waals surface area contributed by atoms with Crippen LogP contribution in [0.3, 0.4) is 0 Å². The number of pyridine rings is 1. The van der Waals surface area contributed by atoms with Crippen LogP contribution in [0, 0.1) is 0 Å². The van der Waals surface area contributed by atoms with Gasteiger partial charge in [0, 0.05) is 30.9 Å². The van der Waals surface area contributed by atoms with Gasteiger partial charge in [-0.2, -0.15) is 0 Å². The second-order valence-corrected chi connectivity index (χ2v) is 5.90. The highest BCUT2D eigenvalue weighted by atomic mass is 16.5. The SMILES string of the molecule is CC(C)Oc1ncccc1CNCC1CCCCN1C. The van der Waals surface area contributed by atoms with E-state index in [1.807, 2.05) is 19.9 Å². The van der Waals surface area contributed by atoms with Gasteiger partial charge in [-0.3, -0.25) is 0 Å². The van der Waals surface area contributed by atoms with Gasteiger partial charge in [-0.25, -0.2) is 4.98 Å². The third kappa shape index (κ3) is 4.46. The number of ether oxygens (including phenoxy) is 1. The Kier molecular flexibility index (Phi) is 5.80. The Hall–Kier alpha value is -1.13. The molecule has 0 radical (unpaired) electrons. The zero-order valence-corrected chi connectivity index (χ0v) is 12.9. The summed E-state index contributed by atoms with van der Waals surface area (Å²) in [5.41, 5.74) is 1.14. The summed E-state index contributed by atoms with van der Waals surface area (Å²) in [6.45, 7) is 7.14. The van der Waals surface area contributed by atoms with Gasteiger partial charge in [-0.1, -0.05) is 12.5 Å². The molecule has 1 N–H and O–H groups in total. The fourth-order valence-electron chi connectivity index (χ4n) is 2.66. The number of nitrogens with zero attached hydrogens (tertiary/aromatic N) is 2. The van der Waals surface area contributed by atoms with Gasteiger partial charge in [0.25, 0.3) is 0 Å². The molecule has 1 aliphatic rings. The molecule has 0 amide bonds. The Balaban J connectivity index is 1.84. The van der Waals surface area contributed by atoms with E-state index in [4.69, 9.17) is 4.74 Å². The molecule has 1 unspecified atom stereocenters. The molecule has 1 aromatic heterocycles. The van der Waals surface area contributed by atoms with Gasteiger partial charge in [0.05, 0.1) is 6.10 Å². The van der Waals surface area contributed by atoms with E-state index in [2.05, 4.69) is 28.3 Å². The van der Waals surface area contributed by atoms with E-state index >= 15 is 0 Å². The van der Waals surface area contributed by atoms with Crippen molar-refractivity contribution in [2.24, 2.45) is 0 Å². The Labute approximate surface area is 122 Å².